The number of unbranched alkanes of at least 4 members (excludes halogenated alkanes) is 11. The minimum Gasteiger partial charge on any atom is -0.394 e. The van der Waals surface area contributed by atoms with E-state index in [4.69, 9.17) is 14.9 Å². The topological polar surface area (TPSA) is 160 Å². The number of aliphatic hydroxyl groups is 2. The molecule has 0 bridgehead atoms. The van der Waals surface area contributed by atoms with Gasteiger partial charge in [0.05, 0.1) is 13.2 Å². The van der Waals surface area contributed by atoms with Crippen LogP contribution in [0.1, 0.15) is 96.8 Å². The van der Waals surface area contributed by atoms with Gasteiger partial charge in [-0.3, -0.25) is 9.32 Å². The Morgan fingerprint density at radius 1 is 0.879 bits per heavy atom. The Labute approximate surface area is 197 Å². The molecule has 0 aliphatic heterocycles. The van der Waals surface area contributed by atoms with Gasteiger partial charge in [-0.1, -0.05) is 70.4 Å². The van der Waals surface area contributed by atoms with E-state index in [1.807, 2.05) is 0 Å². The lowest BCUT2D eigenvalue weighted by atomic mass is 10.1. The predicted octanol–water partition coefficient (Wildman–Crippen LogP) is 5.15. The largest absolute Gasteiger partial charge is 0.541 e. The van der Waals surface area contributed by atoms with Crippen LogP contribution in [-0.4, -0.2) is 45.3 Å². The van der Waals surface area contributed by atoms with Crippen molar-refractivity contribution in [3.8, 4) is 0 Å². The Hall–Kier alpha value is -0.570. The zero-order valence-electron chi connectivity index (χ0n) is 19.7. The average molecular weight is 517 g/mol. The summed E-state index contributed by atoms with van der Waals surface area (Å²) in [5.74, 6) is -0.997. The lowest BCUT2D eigenvalue weighted by Gasteiger charge is -2.18. The minimum atomic E-state index is -5.29. The molecule has 0 aromatic carbocycles. The third kappa shape index (κ3) is 21.7. The Kier molecular flexibility index (Phi) is 19.4. The first-order chi connectivity index (χ1) is 15.6. The monoisotopic (exact) mass is 516 g/mol. The number of aliphatic hydroxyl groups excluding tert-OH is 2. The third-order valence-corrected chi connectivity index (χ3v) is 7.24. The molecule has 12 heteroatoms. The van der Waals surface area contributed by atoms with Crippen molar-refractivity contribution in [2.24, 2.45) is 0 Å². The summed E-state index contributed by atoms with van der Waals surface area (Å²) in [6.07, 6.45) is 17.0. The van der Waals surface area contributed by atoms with Gasteiger partial charge in [0.2, 0.25) is 0 Å². The molecule has 0 aromatic rings. The summed E-state index contributed by atoms with van der Waals surface area (Å²) in [5, 5.41) is 17.9. The maximum Gasteiger partial charge on any atom is 0.541 e. The maximum absolute atomic E-state index is 12.2. The van der Waals surface area contributed by atoms with Crippen LogP contribution in [0, 0.1) is 0 Å². The molecule has 0 heterocycles. The van der Waals surface area contributed by atoms with Crippen molar-refractivity contribution in [2.75, 3.05) is 13.2 Å². The molecule has 10 nitrogen and oxygen atoms in total. The van der Waals surface area contributed by atoms with Crippen molar-refractivity contribution in [3.63, 3.8) is 0 Å². The fourth-order valence-corrected chi connectivity index (χ4v) is 5.05. The molecule has 0 saturated carbocycles. The Morgan fingerprint density at radius 2 is 1.39 bits per heavy atom. The first kappa shape index (κ1) is 32.4. The molecule has 4 N–H and O–H groups in total. The third-order valence-electron chi connectivity index (χ3n) is 4.70. The van der Waals surface area contributed by atoms with E-state index in [0.29, 0.717) is 6.42 Å². The van der Waals surface area contributed by atoms with Gasteiger partial charge in [0.15, 0.2) is 0 Å². The molecule has 0 saturated heterocycles. The van der Waals surface area contributed by atoms with Crippen LogP contribution in [-0.2, 0) is 27.3 Å². The number of hydrogen-bond acceptors (Lipinski definition) is 8. The van der Waals surface area contributed by atoms with E-state index >= 15 is 0 Å². The standard InChI is InChI=1S/C21H42O10P2/c1-2-3-4-5-6-7-8-9-10-11-12-13-14-15-16-17-21(24)30-33(28,31-32(25,26)27)29-19-20(23)18-22/h9-10,20,22-23H,2-8,11-19H2,1H3,(H2,25,26,27)/b10-9-. The van der Waals surface area contributed by atoms with Gasteiger partial charge >= 0.3 is 21.6 Å². The van der Waals surface area contributed by atoms with Gasteiger partial charge in [-0.2, -0.15) is 4.31 Å². The number of rotatable bonds is 22. The SMILES string of the molecule is CCCCCCCC/C=C\CCCCCCCC(=O)OP(=O)(OCC(O)CO)OP(=O)(O)O. The van der Waals surface area contributed by atoms with Crippen LogP contribution < -0.4 is 0 Å². The highest BCUT2D eigenvalue weighted by Gasteiger charge is 2.39. The molecule has 196 valence electrons. The highest BCUT2D eigenvalue weighted by Crippen LogP contribution is 2.61. The van der Waals surface area contributed by atoms with E-state index in [0.717, 1.165) is 38.5 Å². The number of phosphoric acid groups is 2. The Morgan fingerprint density at radius 3 is 1.91 bits per heavy atom. The molecule has 2 unspecified atom stereocenters. The second kappa shape index (κ2) is 19.7. The molecule has 0 aliphatic carbocycles. The van der Waals surface area contributed by atoms with Crippen LogP contribution in [0.5, 0.6) is 0 Å². The summed E-state index contributed by atoms with van der Waals surface area (Å²) in [5.41, 5.74) is 0. The van der Waals surface area contributed by atoms with Gasteiger partial charge in [-0.25, -0.2) is 9.13 Å². The molecule has 2 atom stereocenters. The highest BCUT2D eigenvalue weighted by atomic mass is 31.3. The fourth-order valence-electron chi connectivity index (χ4n) is 2.94. The summed E-state index contributed by atoms with van der Waals surface area (Å²) in [7, 11) is -10.2. The van der Waals surface area contributed by atoms with E-state index in [2.05, 4.69) is 32.4 Å². The second-order valence-electron chi connectivity index (χ2n) is 7.95. The molecule has 0 radical (unpaired) electrons. The number of carbonyl (C=O) groups is 1. The van der Waals surface area contributed by atoms with Crippen LogP contribution >= 0.6 is 15.6 Å². The predicted molar refractivity (Wildman–Crippen MR) is 125 cm³/mol. The average Bonchev–Trinajstić information content (AvgIpc) is 2.73. The molecule has 0 rings (SSSR count). The minimum absolute atomic E-state index is 0.126. The second-order valence-corrected chi connectivity index (χ2v) is 10.9. The van der Waals surface area contributed by atoms with Crippen molar-refractivity contribution in [2.45, 2.75) is 103 Å². The Bertz CT molecular complexity index is 620. The fraction of sp³-hybridized carbons (Fsp3) is 0.857. The zero-order valence-corrected chi connectivity index (χ0v) is 21.5. The van der Waals surface area contributed by atoms with Crippen LogP contribution in [0.4, 0.5) is 0 Å². The van der Waals surface area contributed by atoms with Crippen molar-refractivity contribution in [3.05, 3.63) is 12.2 Å². The number of carbonyl (C=O) groups excluding carboxylic acids is 1. The molecule has 0 amide bonds. The zero-order chi connectivity index (χ0) is 25.0. The van der Waals surface area contributed by atoms with Gasteiger partial charge in [-0.05, 0) is 32.1 Å². The van der Waals surface area contributed by atoms with Crippen LogP contribution in [0.25, 0.3) is 0 Å². The molecule has 33 heavy (non-hydrogen) atoms. The van der Waals surface area contributed by atoms with Gasteiger partial charge in [0.25, 0.3) is 0 Å². The highest BCUT2D eigenvalue weighted by molar-refractivity contribution is 7.61. The van der Waals surface area contributed by atoms with Crippen LogP contribution in [0.3, 0.4) is 0 Å². The van der Waals surface area contributed by atoms with Gasteiger partial charge in [0.1, 0.15) is 6.10 Å². The van der Waals surface area contributed by atoms with Crippen molar-refractivity contribution in [1.82, 2.24) is 0 Å². The van der Waals surface area contributed by atoms with E-state index in [-0.39, 0.29) is 6.42 Å². The van der Waals surface area contributed by atoms with E-state index in [1.54, 1.807) is 0 Å². The summed E-state index contributed by atoms with van der Waals surface area (Å²) in [6, 6.07) is 0. The normalized spacial score (nSPS) is 14.9. The quantitative estimate of drug-likeness (QED) is 0.0860. The van der Waals surface area contributed by atoms with Crippen LogP contribution in [0.2, 0.25) is 0 Å². The summed E-state index contributed by atoms with van der Waals surface area (Å²) < 4.78 is 36.2. The molecular formula is C21H42O10P2. The molecule has 0 fully saturated rings. The summed E-state index contributed by atoms with van der Waals surface area (Å²) in [6.45, 7) is 0.670. The van der Waals surface area contributed by atoms with Gasteiger partial charge < -0.3 is 24.5 Å². The summed E-state index contributed by atoms with van der Waals surface area (Å²) in [4.78, 5) is 29.5. The molecular weight excluding hydrogens is 474 g/mol. The van der Waals surface area contributed by atoms with E-state index in [1.165, 1.54) is 38.5 Å². The van der Waals surface area contributed by atoms with Crippen molar-refractivity contribution < 1.29 is 47.3 Å². The number of allylic oxidation sites excluding steroid dienone is 2. The van der Waals surface area contributed by atoms with Gasteiger partial charge in [-0.15, -0.1) is 0 Å². The van der Waals surface area contributed by atoms with Gasteiger partial charge in [0, 0.05) is 6.42 Å². The number of phosphoric ester groups is 1. The van der Waals surface area contributed by atoms with E-state index in [9.17, 15) is 19.0 Å². The lowest BCUT2D eigenvalue weighted by molar-refractivity contribution is -0.136. The van der Waals surface area contributed by atoms with Crippen LogP contribution in [0.15, 0.2) is 12.2 Å². The maximum atomic E-state index is 12.2. The van der Waals surface area contributed by atoms with E-state index < -0.39 is 40.9 Å². The summed E-state index contributed by atoms with van der Waals surface area (Å²) >= 11 is 0. The van der Waals surface area contributed by atoms with Crippen molar-refractivity contribution >= 4 is 21.6 Å². The number of hydrogen-bond donors (Lipinski definition) is 4. The molecule has 0 aliphatic rings. The Balaban J connectivity index is 3.94. The molecule has 0 spiro atoms. The first-order valence-electron chi connectivity index (χ1n) is 11.8. The van der Waals surface area contributed by atoms with Crippen molar-refractivity contribution in [1.29, 1.82) is 0 Å². The smallest absolute Gasteiger partial charge is 0.394 e. The lowest BCUT2D eigenvalue weighted by Crippen LogP contribution is -2.19. The molecule has 0 aromatic heterocycles. The first-order valence-corrected chi connectivity index (χ1v) is 14.8.